The van der Waals surface area contributed by atoms with E-state index in [1.165, 1.54) is 4.57 Å². The number of benzene rings is 2. The SMILES string of the molecule is Cc1nc2cccc(NCc3ccccc3Cl)c2c(=O)n1C1CCC(=O)CC1=O. The number of Topliss-reactive ketones (excluding diaryl/α,β-unsaturated/α-hetero) is 2. The fourth-order valence-electron chi connectivity index (χ4n) is 3.83. The van der Waals surface area contributed by atoms with Crippen molar-refractivity contribution >= 4 is 39.8 Å². The molecule has 1 N–H and O–H groups in total. The second-order valence-corrected chi connectivity index (χ2v) is 7.62. The first-order valence-corrected chi connectivity index (χ1v) is 9.87. The topological polar surface area (TPSA) is 81.1 Å². The molecule has 1 unspecified atom stereocenters. The molecule has 0 radical (unpaired) electrons. The molecule has 3 aromatic rings. The maximum absolute atomic E-state index is 13.4. The Balaban J connectivity index is 1.77. The minimum atomic E-state index is -0.645. The van der Waals surface area contributed by atoms with Crippen LogP contribution in [-0.2, 0) is 16.1 Å². The first-order chi connectivity index (χ1) is 14.0. The maximum Gasteiger partial charge on any atom is 0.264 e. The molecule has 6 nitrogen and oxygen atoms in total. The van der Waals surface area contributed by atoms with Crippen molar-refractivity contribution in [2.75, 3.05) is 5.32 Å². The third-order valence-electron chi connectivity index (χ3n) is 5.28. The van der Waals surface area contributed by atoms with Gasteiger partial charge in [0.2, 0.25) is 0 Å². The minimum Gasteiger partial charge on any atom is -0.380 e. The molecule has 0 spiro atoms. The molecule has 29 heavy (non-hydrogen) atoms. The number of halogens is 1. The molecular weight excluding hydrogens is 390 g/mol. The number of aryl methyl sites for hydroxylation is 1. The van der Waals surface area contributed by atoms with Gasteiger partial charge in [-0.25, -0.2) is 4.98 Å². The summed E-state index contributed by atoms with van der Waals surface area (Å²) in [5.41, 5.74) is 1.83. The van der Waals surface area contributed by atoms with E-state index in [4.69, 9.17) is 11.6 Å². The van der Waals surface area contributed by atoms with Gasteiger partial charge in [-0.15, -0.1) is 0 Å². The number of hydrogen-bond acceptors (Lipinski definition) is 5. The van der Waals surface area contributed by atoms with Gasteiger partial charge in [0.05, 0.1) is 23.4 Å². The fourth-order valence-corrected chi connectivity index (χ4v) is 4.04. The molecule has 2 aromatic carbocycles. The van der Waals surface area contributed by atoms with Crippen molar-refractivity contribution in [1.29, 1.82) is 0 Å². The lowest BCUT2D eigenvalue weighted by Crippen LogP contribution is -2.36. The van der Waals surface area contributed by atoms with Gasteiger partial charge < -0.3 is 5.32 Å². The Kier molecular flexibility index (Phi) is 5.20. The summed E-state index contributed by atoms with van der Waals surface area (Å²) in [6.45, 7) is 2.16. The standard InChI is InChI=1S/C22H20ClN3O3/c1-13-25-18-8-4-7-17(24-12-14-5-2-3-6-16(14)23)21(18)22(29)26(13)19-10-9-15(27)11-20(19)28/h2-8,19,24H,9-12H2,1H3. The van der Waals surface area contributed by atoms with Gasteiger partial charge in [-0.1, -0.05) is 35.9 Å². The third-order valence-corrected chi connectivity index (χ3v) is 5.65. The van der Waals surface area contributed by atoms with Gasteiger partial charge in [0.1, 0.15) is 11.6 Å². The van der Waals surface area contributed by atoms with E-state index in [2.05, 4.69) is 10.3 Å². The van der Waals surface area contributed by atoms with Crippen LogP contribution in [0.5, 0.6) is 0 Å². The molecule has 148 valence electrons. The van der Waals surface area contributed by atoms with Crippen LogP contribution in [0.2, 0.25) is 5.02 Å². The monoisotopic (exact) mass is 409 g/mol. The molecule has 1 aromatic heterocycles. The molecule has 4 rings (SSSR count). The molecule has 7 heteroatoms. The molecule has 1 atom stereocenters. The molecule has 1 fully saturated rings. The molecule has 1 heterocycles. The van der Waals surface area contributed by atoms with Gasteiger partial charge in [0.25, 0.3) is 5.56 Å². The summed E-state index contributed by atoms with van der Waals surface area (Å²) >= 11 is 6.23. The summed E-state index contributed by atoms with van der Waals surface area (Å²) in [5, 5.41) is 4.35. The summed E-state index contributed by atoms with van der Waals surface area (Å²) < 4.78 is 1.44. The summed E-state index contributed by atoms with van der Waals surface area (Å²) in [6.07, 6.45) is 0.508. The Morgan fingerprint density at radius 1 is 1.14 bits per heavy atom. The zero-order valence-corrected chi connectivity index (χ0v) is 16.7. The largest absolute Gasteiger partial charge is 0.380 e. The fraction of sp³-hybridized carbons (Fsp3) is 0.273. The predicted molar refractivity (Wildman–Crippen MR) is 112 cm³/mol. The van der Waals surface area contributed by atoms with Crippen LogP contribution in [0.25, 0.3) is 10.9 Å². The van der Waals surface area contributed by atoms with E-state index in [0.29, 0.717) is 46.8 Å². The number of carbonyl (C=O) groups is 2. The number of fused-ring (bicyclic) bond motifs is 1. The van der Waals surface area contributed by atoms with Gasteiger partial charge in [-0.2, -0.15) is 0 Å². The quantitative estimate of drug-likeness (QED) is 0.662. The molecule has 0 bridgehead atoms. The van der Waals surface area contributed by atoms with Crippen LogP contribution in [0.15, 0.2) is 47.3 Å². The van der Waals surface area contributed by atoms with Crippen LogP contribution >= 0.6 is 11.6 Å². The van der Waals surface area contributed by atoms with Crippen molar-refractivity contribution < 1.29 is 9.59 Å². The molecule has 1 aliphatic carbocycles. The number of anilines is 1. The Bertz CT molecular complexity index is 1190. The average molecular weight is 410 g/mol. The van der Waals surface area contributed by atoms with Crippen LogP contribution in [-0.4, -0.2) is 21.1 Å². The number of ketones is 2. The first kappa shape index (κ1) is 19.3. The predicted octanol–water partition coefficient (Wildman–Crippen LogP) is 3.83. The van der Waals surface area contributed by atoms with Crippen molar-refractivity contribution in [3.8, 4) is 0 Å². The van der Waals surface area contributed by atoms with E-state index >= 15 is 0 Å². The van der Waals surface area contributed by atoms with Gasteiger partial charge in [0.15, 0.2) is 5.78 Å². The molecule has 1 aliphatic rings. The van der Waals surface area contributed by atoms with Crippen LogP contribution in [0.4, 0.5) is 5.69 Å². The Labute approximate surface area is 172 Å². The van der Waals surface area contributed by atoms with Crippen LogP contribution in [0.3, 0.4) is 0 Å². The number of nitrogens with zero attached hydrogens (tertiary/aromatic N) is 2. The van der Waals surface area contributed by atoms with Crippen molar-refractivity contribution in [3.05, 3.63) is 69.2 Å². The lowest BCUT2D eigenvalue weighted by atomic mass is 9.92. The zero-order chi connectivity index (χ0) is 20.5. The van der Waals surface area contributed by atoms with E-state index in [1.54, 1.807) is 13.0 Å². The highest BCUT2D eigenvalue weighted by atomic mass is 35.5. The molecular formula is C22H20ClN3O3. The van der Waals surface area contributed by atoms with Crippen LogP contribution < -0.4 is 10.9 Å². The van der Waals surface area contributed by atoms with Crippen LogP contribution in [0.1, 0.15) is 36.7 Å². The third kappa shape index (κ3) is 3.68. The molecule has 0 aliphatic heterocycles. The molecule has 0 saturated heterocycles. The van der Waals surface area contributed by atoms with Gasteiger partial charge >= 0.3 is 0 Å². The number of carbonyl (C=O) groups excluding carboxylic acids is 2. The second-order valence-electron chi connectivity index (χ2n) is 7.22. The summed E-state index contributed by atoms with van der Waals surface area (Å²) in [5.74, 6) is 0.167. The summed E-state index contributed by atoms with van der Waals surface area (Å²) in [6, 6.07) is 12.3. The van der Waals surface area contributed by atoms with E-state index in [0.717, 1.165) is 5.56 Å². The van der Waals surface area contributed by atoms with E-state index in [9.17, 15) is 14.4 Å². The summed E-state index contributed by atoms with van der Waals surface area (Å²) in [4.78, 5) is 42.0. The van der Waals surface area contributed by atoms with Gasteiger partial charge in [-0.3, -0.25) is 19.0 Å². The summed E-state index contributed by atoms with van der Waals surface area (Å²) in [7, 11) is 0. The lowest BCUT2D eigenvalue weighted by molar-refractivity contribution is -0.132. The average Bonchev–Trinajstić information content (AvgIpc) is 2.68. The Morgan fingerprint density at radius 2 is 1.93 bits per heavy atom. The number of hydrogen-bond donors (Lipinski definition) is 1. The van der Waals surface area contributed by atoms with Crippen molar-refractivity contribution in [1.82, 2.24) is 9.55 Å². The first-order valence-electron chi connectivity index (χ1n) is 9.49. The smallest absolute Gasteiger partial charge is 0.264 e. The van der Waals surface area contributed by atoms with Crippen molar-refractivity contribution in [2.45, 2.75) is 38.8 Å². The highest BCUT2D eigenvalue weighted by molar-refractivity contribution is 6.31. The van der Waals surface area contributed by atoms with E-state index in [-0.39, 0.29) is 23.5 Å². The van der Waals surface area contributed by atoms with E-state index in [1.807, 2.05) is 36.4 Å². The molecule has 0 amide bonds. The Morgan fingerprint density at radius 3 is 2.69 bits per heavy atom. The minimum absolute atomic E-state index is 0.0761. The van der Waals surface area contributed by atoms with Crippen molar-refractivity contribution in [3.63, 3.8) is 0 Å². The number of nitrogens with one attached hydrogen (secondary N) is 1. The second kappa shape index (κ2) is 7.79. The van der Waals surface area contributed by atoms with Crippen molar-refractivity contribution in [2.24, 2.45) is 0 Å². The van der Waals surface area contributed by atoms with Gasteiger partial charge in [0, 0.05) is 23.7 Å². The van der Waals surface area contributed by atoms with E-state index < -0.39 is 6.04 Å². The number of aromatic nitrogens is 2. The lowest BCUT2D eigenvalue weighted by Gasteiger charge is -2.24. The number of rotatable bonds is 4. The highest BCUT2D eigenvalue weighted by Gasteiger charge is 2.31. The molecule has 1 saturated carbocycles. The normalized spacial score (nSPS) is 17.0. The van der Waals surface area contributed by atoms with Crippen LogP contribution in [0, 0.1) is 6.92 Å². The van der Waals surface area contributed by atoms with Gasteiger partial charge in [-0.05, 0) is 37.1 Å². The highest BCUT2D eigenvalue weighted by Crippen LogP contribution is 2.26. The maximum atomic E-state index is 13.4. The Hall–Kier alpha value is -2.99. The zero-order valence-electron chi connectivity index (χ0n) is 15.9.